The van der Waals surface area contributed by atoms with Gasteiger partial charge in [-0.05, 0) is 59.2 Å². The Hall–Kier alpha value is -2.77. The third kappa shape index (κ3) is 5.57. The van der Waals surface area contributed by atoms with Gasteiger partial charge in [-0.25, -0.2) is 4.39 Å². The van der Waals surface area contributed by atoms with Crippen LogP contribution >= 0.6 is 0 Å². The minimum atomic E-state index is -0.877. The highest BCUT2D eigenvalue weighted by Gasteiger charge is 2.35. The molecule has 0 spiro atoms. The predicted octanol–water partition coefficient (Wildman–Crippen LogP) is 4.49. The SMILES string of the molecule is OC(CN1CCC(O)(c2ccc3c(c2)COCC3)CC1)c1ccc(OCc2ccccc2)c(F)c1. The lowest BCUT2D eigenvalue weighted by Gasteiger charge is -2.39. The van der Waals surface area contributed by atoms with Crippen LogP contribution < -0.4 is 4.74 Å². The molecule has 0 bridgehead atoms. The quantitative estimate of drug-likeness (QED) is 0.525. The number of β-amino-alcohol motifs (C(OH)–C–C–N with tert-alkyl or cyclic N) is 1. The Morgan fingerprint density at radius 1 is 1.00 bits per heavy atom. The number of piperidine rings is 1. The highest BCUT2D eigenvalue weighted by atomic mass is 19.1. The molecule has 5 nitrogen and oxygen atoms in total. The van der Waals surface area contributed by atoms with Gasteiger partial charge in [-0.1, -0.05) is 54.6 Å². The highest BCUT2D eigenvalue weighted by molar-refractivity contribution is 5.36. The molecular weight excluding hydrogens is 445 g/mol. The smallest absolute Gasteiger partial charge is 0.165 e. The maximum Gasteiger partial charge on any atom is 0.165 e. The van der Waals surface area contributed by atoms with E-state index in [1.165, 1.54) is 17.2 Å². The summed E-state index contributed by atoms with van der Waals surface area (Å²) in [5.74, 6) is -0.315. The van der Waals surface area contributed by atoms with Crippen LogP contribution in [0.4, 0.5) is 4.39 Å². The van der Waals surface area contributed by atoms with Crippen molar-refractivity contribution < 1.29 is 24.1 Å². The van der Waals surface area contributed by atoms with Gasteiger partial charge in [0, 0.05) is 19.6 Å². The Morgan fingerprint density at radius 3 is 2.57 bits per heavy atom. The van der Waals surface area contributed by atoms with Crippen molar-refractivity contribution in [1.29, 1.82) is 0 Å². The Bertz CT molecular complexity index is 1140. The van der Waals surface area contributed by atoms with E-state index in [0.717, 1.165) is 24.2 Å². The molecule has 0 amide bonds. The molecule has 1 saturated heterocycles. The fourth-order valence-corrected chi connectivity index (χ4v) is 4.98. The number of rotatable bonds is 7. The van der Waals surface area contributed by atoms with E-state index in [1.54, 1.807) is 12.1 Å². The molecule has 0 aromatic heterocycles. The predicted molar refractivity (Wildman–Crippen MR) is 132 cm³/mol. The number of aliphatic hydroxyl groups is 2. The molecule has 0 radical (unpaired) electrons. The van der Waals surface area contributed by atoms with Crippen LogP contribution in [-0.2, 0) is 30.0 Å². The minimum absolute atomic E-state index is 0.170. The van der Waals surface area contributed by atoms with Crippen LogP contribution in [0.15, 0.2) is 66.7 Å². The van der Waals surface area contributed by atoms with Gasteiger partial charge in [0.25, 0.3) is 0 Å². The fraction of sp³-hybridized carbons (Fsp3) is 0.379. The van der Waals surface area contributed by atoms with E-state index in [0.29, 0.717) is 44.6 Å². The van der Waals surface area contributed by atoms with Gasteiger partial charge in [-0.3, -0.25) is 0 Å². The van der Waals surface area contributed by atoms with E-state index < -0.39 is 17.5 Å². The Balaban J connectivity index is 1.16. The molecule has 1 atom stereocenters. The standard InChI is InChI=1S/C29H32FNO4/c30-26-17-23(7-9-28(26)35-19-21-4-2-1-3-5-21)27(32)18-31-13-11-29(33,12-14-31)25-8-6-22-10-15-34-20-24(22)16-25/h1-9,16-17,27,32-33H,10-15,18-20H2. The number of aliphatic hydroxyl groups excluding tert-OH is 1. The molecule has 0 saturated carbocycles. The Morgan fingerprint density at radius 2 is 1.80 bits per heavy atom. The summed E-state index contributed by atoms with van der Waals surface area (Å²) in [5, 5.41) is 22.1. The zero-order valence-electron chi connectivity index (χ0n) is 19.8. The van der Waals surface area contributed by atoms with Crippen LogP contribution in [0.3, 0.4) is 0 Å². The van der Waals surface area contributed by atoms with Crippen LogP contribution in [0.5, 0.6) is 5.75 Å². The second kappa shape index (κ2) is 10.5. The monoisotopic (exact) mass is 477 g/mol. The maximum atomic E-state index is 14.6. The molecule has 1 fully saturated rings. The third-order valence-corrected chi connectivity index (χ3v) is 7.21. The summed E-state index contributed by atoms with van der Waals surface area (Å²) in [4.78, 5) is 2.12. The van der Waals surface area contributed by atoms with Gasteiger partial charge in [0.2, 0.25) is 0 Å². The molecule has 5 rings (SSSR count). The first-order valence-electron chi connectivity index (χ1n) is 12.3. The second-order valence-electron chi connectivity index (χ2n) is 9.60. The summed E-state index contributed by atoms with van der Waals surface area (Å²) in [5.41, 5.74) is 4.01. The van der Waals surface area contributed by atoms with Gasteiger partial charge in [0.1, 0.15) is 6.61 Å². The fourth-order valence-electron chi connectivity index (χ4n) is 4.98. The van der Waals surface area contributed by atoms with E-state index in [4.69, 9.17) is 9.47 Å². The molecule has 2 aliphatic rings. The first-order chi connectivity index (χ1) is 17.0. The number of likely N-dealkylation sites (tertiary alicyclic amines) is 1. The molecule has 1 unspecified atom stereocenters. The lowest BCUT2D eigenvalue weighted by molar-refractivity contribution is -0.0346. The summed E-state index contributed by atoms with van der Waals surface area (Å²) in [6.45, 7) is 3.33. The van der Waals surface area contributed by atoms with Crippen LogP contribution in [0.1, 0.15) is 46.8 Å². The second-order valence-corrected chi connectivity index (χ2v) is 9.60. The molecule has 2 heterocycles. The summed E-state index contributed by atoms with van der Waals surface area (Å²) >= 11 is 0. The van der Waals surface area contributed by atoms with Crippen LogP contribution in [0.25, 0.3) is 0 Å². The van der Waals surface area contributed by atoms with Crippen molar-refractivity contribution in [2.75, 3.05) is 26.2 Å². The first kappa shape index (κ1) is 23.9. The normalized spacial score (nSPS) is 18.6. The Labute approximate surface area is 205 Å². The lowest BCUT2D eigenvalue weighted by atomic mass is 9.82. The molecule has 6 heteroatoms. The van der Waals surface area contributed by atoms with Crippen molar-refractivity contribution in [3.05, 3.63) is 100 Å². The van der Waals surface area contributed by atoms with Gasteiger partial charge in [0.15, 0.2) is 11.6 Å². The number of hydrogen-bond donors (Lipinski definition) is 2. The minimum Gasteiger partial charge on any atom is -0.486 e. The summed E-state index contributed by atoms with van der Waals surface area (Å²) in [6, 6.07) is 20.5. The molecular formula is C29H32FNO4. The van der Waals surface area contributed by atoms with E-state index in [9.17, 15) is 14.6 Å². The van der Waals surface area contributed by atoms with Gasteiger partial charge in [0.05, 0.1) is 24.9 Å². The lowest BCUT2D eigenvalue weighted by Crippen LogP contribution is -2.44. The van der Waals surface area contributed by atoms with Crippen molar-refractivity contribution in [3.63, 3.8) is 0 Å². The molecule has 35 heavy (non-hydrogen) atoms. The van der Waals surface area contributed by atoms with Crippen molar-refractivity contribution in [3.8, 4) is 5.75 Å². The molecule has 2 aliphatic heterocycles. The third-order valence-electron chi connectivity index (χ3n) is 7.21. The van der Waals surface area contributed by atoms with Gasteiger partial charge in [-0.2, -0.15) is 0 Å². The van der Waals surface area contributed by atoms with Gasteiger partial charge < -0.3 is 24.6 Å². The maximum absolute atomic E-state index is 14.6. The average Bonchev–Trinajstić information content (AvgIpc) is 2.89. The number of nitrogens with zero attached hydrogens (tertiary/aromatic N) is 1. The number of hydrogen-bond acceptors (Lipinski definition) is 5. The number of halogens is 1. The zero-order valence-corrected chi connectivity index (χ0v) is 19.8. The number of benzene rings is 3. The summed E-state index contributed by atoms with van der Waals surface area (Å²) in [6.07, 6.45) is 1.26. The van der Waals surface area contributed by atoms with E-state index in [2.05, 4.69) is 17.0 Å². The van der Waals surface area contributed by atoms with Crippen LogP contribution in [0, 0.1) is 5.82 Å². The van der Waals surface area contributed by atoms with Gasteiger partial charge in [-0.15, -0.1) is 0 Å². The zero-order chi connectivity index (χ0) is 24.3. The number of fused-ring (bicyclic) bond motifs is 1. The summed E-state index contributed by atoms with van der Waals surface area (Å²) in [7, 11) is 0. The highest BCUT2D eigenvalue weighted by Crippen LogP contribution is 2.35. The van der Waals surface area contributed by atoms with Crippen LogP contribution in [-0.4, -0.2) is 41.4 Å². The molecule has 3 aromatic rings. The van der Waals surface area contributed by atoms with Crippen molar-refractivity contribution in [2.24, 2.45) is 0 Å². The largest absolute Gasteiger partial charge is 0.486 e. The number of ether oxygens (including phenoxy) is 2. The topological polar surface area (TPSA) is 62.2 Å². The van der Waals surface area contributed by atoms with Gasteiger partial charge >= 0.3 is 0 Å². The van der Waals surface area contributed by atoms with E-state index in [1.807, 2.05) is 36.4 Å². The van der Waals surface area contributed by atoms with Crippen molar-refractivity contribution in [1.82, 2.24) is 4.90 Å². The molecule has 184 valence electrons. The first-order valence-corrected chi connectivity index (χ1v) is 12.3. The van der Waals surface area contributed by atoms with E-state index in [-0.39, 0.29) is 12.4 Å². The van der Waals surface area contributed by atoms with Crippen LogP contribution in [0.2, 0.25) is 0 Å². The molecule has 2 N–H and O–H groups in total. The Kier molecular flexibility index (Phi) is 7.16. The van der Waals surface area contributed by atoms with Crippen molar-refractivity contribution in [2.45, 2.75) is 44.2 Å². The van der Waals surface area contributed by atoms with E-state index >= 15 is 0 Å². The molecule has 0 aliphatic carbocycles. The summed E-state index contributed by atoms with van der Waals surface area (Å²) < 4.78 is 25.8. The molecule has 3 aromatic carbocycles. The average molecular weight is 478 g/mol. The van der Waals surface area contributed by atoms with Crippen molar-refractivity contribution >= 4 is 0 Å².